The molecule has 0 aromatic rings. The van der Waals surface area contributed by atoms with E-state index in [-0.39, 0.29) is 0 Å². The average Bonchev–Trinajstić information content (AvgIpc) is 2.45. The molecule has 3 nitrogen and oxygen atoms in total. The lowest BCUT2D eigenvalue weighted by molar-refractivity contribution is -0.184. The standard InChI is InChI=1S/C14H26F3N3/c1-19(10-11-20-8-6-18-7-9-20)13-4-2-12(3-5-13)14(15,16)17/h12-13,18H,2-11H2,1H3. The Hall–Kier alpha value is -0.330. The summed E-state index contributed by atoms with van der Waals surface area (Å²) in [6.45, 7) is 6.23. The van der Waals surface area contributed by atoms with Crippen molar-refractivity contribution in [3.8, 4) is 0 Å². The van der Waals surface area contributed by atoms with Crippen LogP contribution in [0.4, 0.5) is 13.2 Å². The zero-order chi connectivity index (χ0) is 14.6. The highest BCUT2D eigenvalue weighted by Crippen LogP contribution is 2.38. The zero-order valence-corrected chi connectivity index (χ0v) is 12.3. The number of halogens is 3. The Morgan fingerprint density at radius 2 is 1.70 bits per heavy atom. The Bertz CT molecular complexity index is 282. The van der Waals surface area contributed by atoms with Crippen LogP contribution in [0.3, 0.4) is 0 Å². The Morgan fingerprint density at radius 1 is 1.10 bits per heavy atom. The Kier molecular flexibility index (Phi) is 5.69. The summed E-state index contributed by atoms with van der Waals surface area (Å²) in [5, 5.41) is 3.32. The van der Waals surface area contributed by atoms with Gasteiger partial charge in [0.05, 0.1) is 5.92 Å². The molecule has 1 saturated heterocycles. The number of hydrogen-bond acceptors (Lipinski definition) is 3. The van der Waals surface area contributed by atoms with Crippen molar-refractivity contribution in [3.05, 3.63) is 0 Å². The number of piperazine rings is 1. The lowest BCUT2D eigenvalue weighted by atomic mass is 9.85. The highest BCUT2D eigenvalue weighted by Gasteiger charge is 2.41. The van der Waals surface area contributed by atoms with Gasteiger partial charge >= 0.3 is 6.18 Å². The van der Waals surface area contributed by atoms with Crippen LogP contribution in [-0.4, -0.2) is 68.3 Å². The van der Waals surface area contributed by atoms with E-state index in [1.165, 1.54) is 0 Å². The first-order chi connectivity index (χ1) is 9.47. The third kappa shape index (κ3) is 4.60. The molecule has 1 heterocycles. The van der Waals surface area contributed by atoms with Gasteiger partial charge in [-0.3, -0.25) is 4.90 Å². The quantitative estimate of drug-likeness (QED) is 0.854. The number of nitrogens with one attached hydrogen (secondary N) is 1. The average molecular weight is 293 g/mol. The molecule has 0 bridgehead atoms. The molecule has 0 radical (unpaired) electrons. The van der Waals surface area contributed by atoms with E-state index in [0.717, 1.165) is 39.3 Å². The summed E-state index contributed by atoms with van der Waals surface area (Å²) in [5.74, 6) is -1.07. The second-order valence-electron chi connectivity index (χ2n) is 6.12. The maximum absolute atomic E-state index is 12.6. The van der Waals surface area contributed by atoms with E-state index in [1.54, 1.807) is 0 Å². The minimum Gasteiger partial charge on any atom is -0.314 e. The molecule has 0 unspecified atom stereocenters. The number of likely N-dealkylation sites (N-methyl/N-ethyl adjacent to an activating group) is 1. The molecule has 2 aliphatic rings. The van der Waals surface area contributed by atoms with Crippen LogP contribution in [-0.2, 0) is 0 Å². The predicted octanol–water partition coefficient (Wildman–Crippen LogP) is 1.94. The van der Waals surface area contributed by atoms with E-state index in [1.807, 2.05) is 0 Å². The van der Waals surface area contributed by atoms with Crippen LogP contribution >= 0.6 is 0 Å². The number of alkyl halides is 3. The molecule has 1 aliphatic carbocycles. The molecule has 1 N–H and O–H groups in total. The molecule has 0 spiro atoms. The first kappa shape index (κ1) is 16.0. The van der Waals surface area contributed by atoms with Crippen LogP contribution < -0.4 is 5.32 Å². The second-order valence-corrected chi connectivity index (χ2v) is 6.12. The van der Waals surface area contributed by atoms with Crippen LogP contribution in [0.25, 0.3) is 0 Å². The van der Waals surface area contributed by atoms with E-state index >= 15 is 0 Å². The third-order valence-corrected chi connectivity index (χ3v) is 4.76. The van der Waals surface area contributed by atoms with Gasteiger partial charge in [0.15, 0.2) is 0 Å². The van der Waals surface area contributed by atoms with Gasteiger partial charge in [-0.2, -0.15) is 13.2 Å². The fraction of sp³-hybridized carbons (Fsp3) is 1.00. The minimum absolute atomic E-state index is 0.298. The molecule has 2 fully saturated rings. The first-order valence-corrected chi connectivity index (χ1v) is 7.67. The van der Waals surface area contributed by atoms with Crippen molar-refractivity contribution in [3.63, 3.8) is 0 Å². The smallest absolute Gasteiger partial charge is 0.314 e. The van der Waals surface area contributed by atoms with E-state index in [2.05, 4.69) is 22.2 Å². The number of rotatable bonds is 4. The molecular formula is C14H26F3N3. The van der Waals surface area contributed by atoms with Crippen molar-refractivity contribution in [1.29, 1.82) is 0 Å². The summed E-state index contributed by atoms with van der Waals surface area (Å²) in [6.07, 6.45) is -2.03. The lowest BCUT2D eigenvalue weighted by Gasteiger charge is -2.36. The van der Waals surface area contributed by atoms with E-state index < -0.39 is 12.1 Å². The van der Waals surface area contributed by atoms with Gasteiger partial charge in [-0.1, -0.05) is 0 Å². The molecule has 118 valence electrons. The Labute approximate surface area is 119 Å². The van der Waals surface area contributed by atoms with E-state index in [4.69, 9.17) is 0 Å². The van der Waals surface area contributed by atoms with Crippen LogP contribution in [0.1, 0.15) is 25.7 Å². The molecule has 6 heteroatoms. The van der Waals surface area contributed by atoms with Crippen molar-refractivity contribution in [2.75, 3.05) is 46.3 Å². The van der Waals surface area contributed by atoms with Gasteiger partial charge < -0.3 is 10.2 Å². The molecule has 0 atom stereocenters. The lowest BCUT2D eigenvalue weighted by Crippen LogP contribution is -2.47. The molecule has 0 aromatic carbocycles. The molecule has 1 saturated carbocycles. The van der Waals surface area contributed by atoms with Gasteiger partial charge in [0.25, 0.3) is 0 Å². The molecule has 0 amide bonds. The maximum Gasteiger partial charge on any atom is 0.391 e. The van der Waals surface area contributed by atoms with E-state index in [9.17, 15) is 13.2 Å². The fourth-order valence-corrected chi connectivity index (χ4v) is 3.26. The highest BCUT2D eigenvalue weighted by molar-refractivity contribution is 4.82. The molecular weight excluding hydrogens is 267 g/mol. The van der Waals surface area contributed by atoms with Gasteiger partial charge in [-0.05, 0) is 32.7 Å². The minimum atomic E-state index is -4.00. The molecule has 2 rings (SSSR count). The van der Waals surface area contributed by atoms with Crippen LogP contribution in [0.5, 0.6) is 0 Å². The first-order valence-electron chi connectivity index (χ1n) is 7.67. The van der Waals surface area contributed by atoms with Crippen molar-refractivity contribution >= 4 is 0 Å². The SMILES string of the molecule is CN(CCN1CCNCC1)C1CCC(C(F)(F)F)CC1. The van der Waals surface area contributed by atoms with Crippen molar-refractivity contribution in [2.45, 2.75) is 37.9 Å². The maximum atomic E-state index is 12.6. The van der Waals surface area contributed by atoms with Gasteiger partial charge in [-0.15, -0.1) is 0 Å². The highest BCUT2D eigenvalue weighted by atomic mass is 19.4. The van der Waals surface area contributed by atoms with Gasteiger partial charge in [0.2, 0.25) is 0 Å². The molecule has 1 aliphatic heterocycles. The van der Waals surface area contributed by atoms with Crippen molar-refractivity contribution in [1.82, 2.24) is 15.1 Å². The summed E-state index contributed by atoms with van der Waals surface area (Å²) in [5.41, 5.74) is 0. The van der Waals surface area contributed by atoms with Crippen LogP contribution in [0.15, 0.2) is 0 Å². The predicted molar refractivity (Wildman–Crippen MR) is 73.7 cm³/mol. The summed E-state index contributed by atoms with van der Waals surface area (Å²) in [6, 6.07) is 0.330. The molecule has 20 heavy (non-hydrogen) atoms. The Balaban J connectivity index is 1.67. The number of nitrogens with zero attached hydrogens (tertiary/aromatic N) is 2. The summed E-state index contributed by atoms with van der Waals surface area (Å²) >= 11 is 0. The van der Waals surface area contributed by atoms with Gasteiger partial charge in [0, 0.05) is 45.3 Å². The van der Waals surface area contributed by atoms with Crippen LogP contribution in [0, 0.1) is 5.92 Å². The summed E-state index contributed by atoms with van der Waals surface area (Å²) in [7, 11) is 2.06. The normalized spacial score (nSPS) is 29.9. The second kappa shape index (κ2) is 7.09. The van der Waals surface area contributed by atoms with Crippen LogP contribution in [0.2, 0.25) is 0 Å². The van der Waals surface area contributed by atoms with Crippen molar-refractivity contribution < 1.29 is 13.2 Å². The molecule has 0 aromatic heterocycles. The topological polar surface area (TPSA) is 18.5 Å². The van der Waals surface area contributed by atoms with Gasteiger partial charge in [0.1, 0.15) is 0 Å². The number of hydrogen-bond donors (Lipinski definition) is 1. The van der Waals surface area contributed by atoms with Gasteiger partial charge in [-0.25, -0.2) is 0 Å². The zero-order valence-electron chi connectivity index (χ0n) is 12.3. The van der Waals surface area contributed by atoms with Crippen molar-refractivity contribution in [2.24, 2.45) is 5.92 Å². The monoisotopic (exact) mass is 293 g/mol. The summed E-state index contributed by atoms with van der Waals surface area (Å²) < 4.78 is 37.9. The largest absolute Gasteiger partial charge is 0.391 e. The van der Waals surface area contributed by atoms with E-state index in [0.29, 0.717) is 31.7 Å². The Morgan fingerprint density at radius 3 is 2.25 bits per heavy atom. The third-order valence-electron chi connectivity index (χ3n) is 4.76. The summed E-state index contributed by atoms with van der Waals surface area (Å²) in [4.78, 5) is 4.68. The fourth-order valence-electron chi connectivity index (χ4n) is 3.26.